The number of amides is 9. The number of primary amides is 1. The van der Waals surface area contributed by atoms with Crippen molar-refractivity contribution in [2.45, 2.75) is 115 Å². The second-order valence-corrected chi connectivity index (χ2v) is 18.6. The molecule has 3 rings (SSSR count). The zero-order valence-corrected chi connectivity index (χ0v) is 42.3. The lowest BCUT2D eigenvalue weighted by Crippen LogP contribution is -2.62. The first kappa shape index (κ1) is 58.8. The summed E-state index contributed by atoms with van der Waals surface area (Å²) in [7, 11) is 0. The van der Waals surface area contributed by atoms with Crippen LogP contribution in [0.5, 0.6) is 5.75 Å². The molecule has 1 aliphatic heterocycles. The van der Waals surface area contributed by atoms with Crippen LogP contribution >= 0.6 is 25.3 Å². The number of guanidine groups is 1. The van der Waals surface area contributed by atoms with E-state index in [2.05, 4.69) is 67.5 Å². The largest absolute Gasteiger partial charge is 0.508 e. The minimum Gasteiger partial charge on any atom is -0.508 e. The lowest BCUT2D eigenvalue weighted by atomic mass is 9.98. The van der Waals surface area contributed by atoms with Crippen molar-refractivity contribution in [1.29, 1.82) is 0 Å². The highest BCUT2D eigenvalue weighted by atomic mass is 32.1. The normalized spacial score (nSPS) is 15.7. The molecule has 1 heterocycles. The second kappa shape index (κ2) is 29.6. The molecule has 1 saturated heterocycles. The van der Waals surface area contributed by atoms with E-state index in [9.17, 15) is 48.3 Å². The maximum Gasteiger partial charge on any atom is 0.246 e. The van der Waals surface area contributed by atoms with E-state index in [-0.39, 0.29) is 74.8 Å². The first-order valence-corrected chi connectivity index (χ1v) is 24.7. The Balaban J connectivity index is 1.78. The third-order valence-electron chi connectivity index (χ3n) is 11.4. The Labute approximate surface area is 424 Å². The molecule has 1 aliphatic rings. The van der Waals surface area contributed by atoms with Crippen molar-refractivity contribution >= 4 is 84.4 Å². The van der Waals surface area contributed by atoms with Crippen molar-refractivity contribution in [3.63, 3.8) is 0 Å². The Morgan fingerprint density at radius 2 is 1.24 bits per heavy atom. The lowest BCUT2D eigenvalue weighted by Gasteiger charge is -2.31. The van der Waals surface area contributed by atoms with Crippen LogP contribution in [0.15, 0.2) is 59.6 Å². The summed E-state index contributed by atoms with van der Waals surface area (Å²) >= 11 is 8.46. The Bertz CT molecular complexity index is 2180. The lowest BCUT2D eigenvalue weighted by molar-refractivity contribution is -0.142. The van der Waals surface area contributed by atoms with Gasteiger partial charge in [0.1, 0.15) is 48.0 Å². The van der Waals surface area contributed by atoms with Crippen LogP contribution in [0.25, 0.3) is 0 Å². The maximum atomic E-state index is 14.2. The predicted molar refractivity (Wildman–Crippen MR) is 272 cm³/mol. The van der Waals surface area contributed by atoms with Gasteiger partial charge in [0.15, 0.2) is 5.96 Å². The van der Waals surface area contributed by atoms with Crippen molar-refractivity contribution in [3.05, 3.63) is 65.7 Å². The number of hydrogen-bond acceptors (Lipinski definition) is 13. The van der Waals surface area contributed by atoms with E-state index in [1.165, 1.54) is 17.0 Å². The highest BCUT2D eigenvalue weighted by Crippen LogP contribution is 2.20. The number of carbonyl (C=O) groups excluding carboxylic acids is 9. The molecule has 0 radical (unpaired) electrons. The van der Waals surface area contributed by atoms with Gasteiger partial charge in [0, 0.05) is 38.1 Å². The molecule has 9 amide bonds. The van der Waals surface area contributed by atoms with Gasteiger partial charge in [-0.15, -0.1) is 0 Å². The van der Waals surface area contributed by atoms with Gasteiger partial charge >= 0.3 is 0 Å². The molecular formula is C47H70N12O10S2. The van der Waals surface area contributed by atoms with Crippen molar-refractivity contribution in [2.75, 3.05) is 31.1 Å². The SMILES string of the molecule is CC(C)[C@H](NC(=O)[C@H](Cc1ccccc1)NC(=O)[C@H](Cc1ccc(O)cc1)NC(=O)CCS)C(=O)N[C@H](C(=O)N[C@@H](CS)C(=O)N1CCC[C@H]1C(=O)N[C@H](CCCN=C(N)N)C(=O)NCC(N)=O)C(C)C. The third-order valence-corrected chi connectivity index (χ3v) is 12.0. The number of phenols is 1. The zero-order chi connectivity index (χ0) is 52.8. The number of nitrogens with two attached hydrogens (primary N) is 3. The molecule has 0 spiro atoms. The summed E-state index contributed by atoms with van der Waals surface area (Å²) in [5.74, 6) is -7.26. The number of aromatic hydroxyl groups is 1. The molecule has 0 unspecified atom stereocenters. The summed E-state index contributed by atoms with van der Waals surface area (Å²) in [6.07, 6.45) is 1.09. The molecule has 1 fully saturated rings. The Hall–Kier alpha value is -6.56. The fourth-order valence-electron chi connectivity index (χ4n) is 7.63. The van der Waals surface area contributed by atoms with E-state index in [1.807, 2.05) is 0 Å². The van der Waals surface area contributed by atoms with E-state index >= 15 is 0 Å². The van der Waals surface area contributed by atoms with Gasteiger partial charge in [0.05, 0.1) is 6.54 Å². The van der Waals surface area contributed by atoms with Crippen molar-refractivity contribution in [1.82, 2.24) is 42.1 Å². The molecule has 0 aromatic heterocycles. The van der Waals surface area contributed by atoms with Gasteiger partial charge in [-0.05, 0) is 66.5 Å². The van der Waals surface area contributed by atoms with E-state index < -0.39 is 114 Å². The van der Waals surface area contributed by atoms with Crippen LogP contribution < -0.4 is 54.4 Å². The summed E-state index contributed by atoms with van der Waals surface area (Å²) in [6.45, 7) is 6.55. The van der Waals surface area contributed by atoms with Gasteiger partial charge in [0.25, 0.3) is 0 Å². The van der Waals surface area contributed by atoms with Crippen LogP contribution in [0.3, 0.4) is 0 Å². The molecule has 0 bridgehead atoms. The van der Waals surface area contributed by atoms with E-state index in [0.29, 0.717) is 17.5 Å². The van der Waals surface area contributed by atoms with Gasteiger partial charge in [-0.3, -0.25) is 48.1 Å². The van der Waals surface area contributed by atoms with Crippen LogP contribution in [0, 0.1) is 11.8 Å². The summed E-state index contributed by atoms with van der Waals surface area (Å²) in [4.78, 5) is 126. The van der Waals surface area contributed by atoms with Crippen molar-refractivity contribution < 1.29 is 48.3 Å². The van der Waals surface area contributed by atoms with E-state index in [4.69, 9.17) is 17.2 Å². The van der Waals surface area contributed by atoms with Gasteiger partial charge in [0.2, 0.25) is 53.2 Å². The van der Waals surface area contributed by atoms with Crippen molar-refractivity contribution in [2.24, 2.45) is 34.0 Å². The number of nitrogens with zero attached hydrogens (tertiary/aromatic N) is 2. The van der Waals surface area contributed by atoms with Crippen LogP contribution in [0.4, 0.5) is 0 Å². The Morgan fingerprint density at radius 3 is 1.80 bits per heavy atom. The van der Waals surface area contributed by atoms with E-state index in [0.717, 1.165) is 0 Å². The molecule has 22 nitrogen and oxygen atoms in total. The molecule has 2 aromatic rings. The highest BCUT2D eigenvalue weighted by molar-refractivity contribution is 7.80. The number of likely N-dealkylation sites (tertiary alicyclic amines) is 1. The molecule has 7 atom stereocenters. The highest BCUT2D eigenvalue weighted by Gasteiger charge is 2.40. The number of aliphatic imine (C=N–C) groups is 1. The van der Waals surface area contributed by atoms with E-state index in [1.54, 1.807) is 70.2 Å². The van der Waals surface area contributed by atoms with Crippen molar-refractivity contribution in [3.8, 4) is 5.75 Å². The molecule has 24 heteroatoms. The number of hydrogen-bond donors (Lipinski definition) is 13. The number of carbonyl (C=O) groups is 9. The quantitative estimate of drug-likeness (QED) is 0.0196. The number of phenolic OH excluding ortho intramolecular Hbond substituents is 1. The first-order valence-electron chi connectivity index (χ1n) is 23.4. The molecule has 71 heavy (non-hydrogen) atoms. The Kier molecular flexibility index (Phi) is 24.5. The fourth-order valence-corrected chi connectivity index (χ4v) is 8.08. The smallest absolute Gasteiger partial charge is 0.246 e. The van der Waals surface area contributed by atoms with Gasteiger partial charge in [-0.2, -0.15) is 25.3 Å². The number of thiol groups is 2. The molecule has 2 aromatic carbocycles. The maximum absolute atomic E-state index is 14.2. The summed E-state index contributed by atoms with van der Waals surface area (Å²) in [6, 6.07) is 6.71. The van der Waals surface area contributed by atoms with Gasteiger partial charge < -0.3 is 64.4 Å². The Morgan fingerprint density at radius 1 is 0.690 bits per heavy atom. The minimum absolute atomic E-state index is 0.00460. The fraction of sp³-hybridized carbons (Fsp3) is 0.532. The third kappa shape index (κ3) is 19.6. The van der Waals surface area contributed by atoms with Crippen LogP contribution in [0.2, 0.25) is 0 Å². The first-order chi connectivity index (χ1) is 33.6. The molecule has 0 aliphatic carbocycles. The molecule has 0 saturated carbocycles. The zero-order valence-electron chi connectivity index (χ0n) is 40.5. The average Bonchev–Trinajstić information content (AvgIpc) is 3.82. The standard InChI is InChI=1S/C47H70N12O10S2/c1-26(2)38(44(67)56-34(25-71)46(69)59-20-9-13-35(59)43(66)54-31(12-8-19-51-47(49)50)40(63)52-24-36(48)61)58-45(68)39(27(3)4)57-42(65)33(22-28-10-6-5-7-11-28)55-41(64)32(53-37(62)18-21-70)23-29-14-16-30(60)17-15-29/h5-7,10-11,14-17,26-27,31-35,38-39,60,70-71H,8-9,12-13,18-25H2,1-4H3,(H2,48,61)(H,52,63)(H,53,62)(H,54,66)(H,55,64)(H,56,67)(H,57,65)(H,58,68)(H4,49,50,51)/t31-,32+,33+,34+,35+,38+,39+/m1/s1. The topological polar surface area (TPSA) is 352 Å². The molecular weight excluding hydrogens is 957 g/mol. The molecule has 14 N–H and O–H groups in total. The minimum atomic E-state index is -1.25. The number of nitrogens with one attached hydrogen (secondary N) is 7. The summed E-state index contributed by atoms with van der Waals surface area (Å²) < 4.78 is 0. The van der Waals surface area contributed by atoms with Crippen LogP contribution in [-0.2, 0) is 56.0 Å². The van der Waals surface area contributed by atoms with Crippen LogP contribution in [0.1, 0.15) is 70.9 Å². The number of benzene rings is 2. The van der Waals surface area contributed by atoms with Gasteiger partial charge in [-0.25, -0.2) is 0 Å². The number of rotatable bonds is 28. The summed E-state index contributed by atoms with van der Waals surface area (Å²) in [5.41, 5.74) is 17.3. The second-order valence-electron chi connectivity index (χ2n) is 17.8. The molecule has 390 valence electrons. The van der Waals surface area contributed by atoms with Gasteiger partial charge in [-0.1, -0.05) is 70.2 Å². The monoisotopic (exact) mass is 1030 g/mol. The summed E-state index contributed by atoms with van der Waals surface area (Å²) in [5, 5.41) is 28.5. The average molecular weight is 1030 g/mol. The van der Waals surface area contributed by atoms with Crippen LogP contribution in [-0.4, -0.2) is 143 Å². The predicted octanol–water partition coefficient (Wildman–Crippen LogP) is -1.71.